The number of carbonyl (C=O) groups excluding carboxylic acids is 1. The molecular weight excluding hydrogens is 266 g/mol. The number of ether oxygens (including phenoxy) is 2. The van der Waals surface area contributed by atoms with Crippen LogP contribution in [0.4, 0.5) is 0 Å². The van der Waals surface area contributed by atoms with Gasteiger partial charge in [-0.3, -0.25) is 4.79 Å². The second kappa shape index (κ2) is 5.74. The van der Waals surface area contributed by atoms with Crippen LogP contribution in [0.1, 0.15) is 11.5 Å². The van der Waals surface area contributed by atoms with Gasteiger partial charge in [0.05, 0.1) is 20.1 Å². The Morgan fingerprint density at radius 1 is 1.10 bits per heavy atom. The maximum atomic E-state index is 12.0. The second-order valence-electron chi connectivity index (χ2n) is 5.30. The summed E-state index contributed by atoms with van der Waals surface area (Å²) < 4.78 is 10.4. The van der Waals surface area contributed by atoms with E-state index in [1.807, 2.05) is 24.3 Å². The monoisotopic (exact) mass is 285 g/mol. The van der Waals surface area contributed by atoms with Crippen LogP contribution < -0.4 is 10.1 Å². The van der Waals surface area contributed by atoms with E-state index in [0.717, 1.165) is 23.1 Å². The molecule has 0 bridgehead atoms. The molecule has 0 saturated carbocycles. The number of benzene rings is 2. The molecule has 0 aromatic heterocycles. The lowest BCUT2D eigenvalue weighted by Gasteiger charge is -2.19. The van der Waals surface area contributed by atoms with Crippen molar-refractivity contribution in [3.05, 3.63) is 42.0 Å². The first kappa shape index (κ1) is 13.9. The highest BCUT2D eigenvalue weighted by atomic mass is 16.5. The normalized spacial score (nSPS) is 21.4. The zero-order chi connectivity index (χ0) is 14.8. The first-order chi connectivity index (χ1) is 10.3. The van der Waals surface area contributed by atoms with E-state index in [9.17, 15) is 4.79 Å². The SMILES string of the molecule is COC(=O)C1CNCC1c1ccc(OC)c2ccccc12. The molecule has 2 aromatic carbocycles. The number of esters is 1. The van der Waals surface area contributed by atoms with Crippen LogP contribution in [0.15, 0.2) is 36.4 Å². The number of carbonyl (C=O) groups is 1. The van der Waals surface area contributed by atoms with Crippen molar-refractivity contribution in [2.75, 3.05) is 27.3 Å². The van der Waals surface area contributed by atoms with Crippen molar-refractivity contribution in [2.24, 2.45) is 5.92 Å². The molecule has 4 nitrogen and oxygen atoms in total. The van der Waals surface area contributed by atoms with Crippen LogP contribution in [0.2, 0.25) is 0 Å². The highest BCUT2D eigenvalue weighted by molar-refractivity contribution is 5.92. The molecule has 110 valence electrons. The summed E-state index contributed by atoms with van der Waals surface area (Å²) in [6, 6.07) is 12.2. The molecule has 2 unspecified atom stereocenters. The molecule has 1 fully saturated rings. The molecule has 2 aromatic rings. The molecule has 1 aliphatic heterocycles. The van der Waals surface area contributed by atoms with Gasteiger partial charge in [0.2, 0.25) is 0 Å². The van der Waals surface area contributed by atoms with Crippen LogP contribution in [-0.4, -0.2) is 33.3 Å². The minimum Gasteiger partial charge on any atom is -0.496 e. The van der Waals surface area contributed by atoms with Crippen LogP contribution in [0, 0.1) is 5.92 Å². The molecule has 21 heavy (non-hydrogen) atoms. The molecule has 1 aliphatic rings. The van der Waals surface area contributed by atoms with Gasteiger partial charge in [0.15, 0.2) is 0 Å². The summed E-state index contributed by atoms with van der Waals surface area (Å²) in [4.78, 5) is 12.0. The summed E-state index contributed by atoms with van der Waals surface area (Å²) in [5, 5.41) is 5.51. The van der Waals surface area contributed by atoms with Crippen LogP contribution in [-0.2, 0) is 9.53 Å². The number of fused-ring (bicyclic) bond motifs is 1. The van der Waals surface area contributed by atoms with E-state index in [4.69, 9.17) is 9.47 Å². The minimum absolute atomic E-state index is 0.133. The summed E-state index contributed by atoms with van der Waals surface area (Å²) in [5.74, 6) is 0.708. The van der Waals surface area contributed by atoms with Crippen molar-refractivity contribution >= 4 is 16.7 Å². The highest BCUT2D eigenvalue weighted by Crippen LogP contribution is 2.37. The Bertz CT molecular complexity index is 668. The fraction of sp³-hybridized carbons (Fsp3) is 0.353. The Morgan fingerprint density at radius 2 is 1.86 bits per heavy atom. The van der Waals surface area contributed by atoms with Crippen molar-refractivity contribution in [1.29, 1.82) is 0 Å². The van der Waals surface area contributed by atoms with E-state index in [1.165, 1.54) is 12.7 Å². The quantitative estimate of drug-likeness (QED) is 0.879. The van der Waals surface area contributed by atoms with E-state index in [-0.39, 0.29) is 17.8 Å². The van der Waals surface area contributed by atoms with E-state index >= 15 is 0 Å². The van der Waals surface area contributed by atoms with E-state index in [2.05, 4.69) is 17.4 Å². The van der Waals surface area contributed by atoms with E-state index in [0.29, 0.717) is 6.54 Å². The predicted octanol–water partition coefficient (Wildman–Crippen LogP) is 2.32. The Hall–Kier alpha value is -2.07. The third-order valence-corrected chi connectivity index (χ3v) is 4.26. The summed E-state index contributed by atoms with van der Waals surface area (Å²) in [5.41, 5.74) is 1.17. The van der Waals surface area contributed by atoms with Crippen LogP contribution in [0.25, 0.3) is 10.8 Å². The maximum Gasteiger partial charge on any atom is 0.310 e. The van der Waals surface area contributed by atoms with Gasteiger partial charge >= 0.3 is 5.97 Å². The van der Waals surface area contributed by atoms with Gasteiger partial charge in [0.1, 0.15) is 5.75 Å². The largest absolute Gasteiger partial charge is 0.496 e. The fourth-order valence-corrected chi connectivity index (χ4v) is 3.20. The number of hydrogen-bond acceptors (Lipinski definition) is 4. The lowest BCUT2D eigenvalue weighted by atomic mass is 9.86. The molecule has 2 atom stereocenters. The van der Waals surface area contributed by atoms with Crippen molar-refractivity contribution < 1.29 is 14.3 Å². The van der Waals surface area contributed by atoms with E-state index < -0.39 is 0 Å². The molecule has 3 rings (SSSR count). The number of rotatable bonds is 3. The van der Waals surface area contributed by atoms with E-state index in [1.54, 1.807) is 7.11 Å². The zero-order valence-corrected chi connectivity index (χ0v) is 12.3. The smallest absolute Gasteiger partial charge is 0.310 e. The summed E-state index contributed by atoms with van der Waals surface area (Å²) in [6.45, 7) is 1.45. The summed E-state index contributed by atoms with van der Waals surface area (Å²) in [7, 11) is 3.12. The predicted molar refractivity (Wildman–Crippen MR) is 81.6 cm³/mol. The van der Waals surface area contributed by atoms with Gasteiger partial charge in [-0.1, -0.05) is 30.3 Å². The highest BCUT2D eigenvalue weighted by Gasteiger charge is 2.35. The van der Waals surface area contributed by atoms with Gasteiger partial charge in [-0.25, -0.2) is 0 Å². The zero-order valence-electron chi connectivity index (χ0n) is 12.3. The summed E-state index contributed by atoms with van der Waals surface area (Å²) >= 11 is 0. The van der Waals surface area contributed by atoms with Crippen LogP contribution in [0.5, 0.6) is 5.75 Å². The average Bonchev–Trinajstić information content (AvgIpc) is 3.02. The Morgan fingerprint density at radius 3 is 2.57 bits per heavy atom. The van der Waals surface area contributed by atoms with Crippen molar-refractivity contribution in [3.63, 3.8) is 0 Å². The lowest BCUT2D eigenvalue weighted by molar-refractivity contribution is -0.145. The average molecular weight is 285 g/mol. The van der Waals surface area contributed by atoms with Gasteiger partial charge in [-0.15, -0.1) is 0 Å². The van der Waals surface area contributed by atoms with Gasteiger partial charge in [-0.05, 0) is 17.0 Å². The van der Waals surface area contributed by atoms with Crippen LogP contribution >= 0.6 is 0 Å². The van der Waals surface area contributed by atoms with Crippen LogP contribution in [0.3, 0.4) is 0 Å². The van der Waals surface area contributed by atoms with Gasteiger partial charge in [-0.2, -0.15) is 0 Å². The fourth-order valence-electron chi connectivity index (χ4n) is 3.20. The van der Waals surface area contributed by atoms with Crippen molar-refractivity contribution in [2.45, 2.75) is 5.92 Å². The molecule has 1 saturated heterocycles. The van der Waals surface area contributed by atoms with Crippen molar-refractivity contribution in [1.82, 2.24) is 5.32 Å². The third-order valence-electron chi connectivity index (χ3n) is 4.26. The molecule has 1 N–H and O–H groups in total. The third kappa shape index (κ3) is 2.36. The maximum absolute atomic E-state index is 12.0. The Kier molecular flexibility index (Phi) is 3.80. The van der Waals surface area contributed by atoms with Gasteiger partial charge < -0.3 is 14.8 Å². The molecule has 1 heterocycles. The molecule has 0 amide bonds. The number of methoxy groups -OCH3 is 2. The lowest BCUT2D eigenvalue weighted by Crippen LogP contribution is -2.23. The molecule has 0 spiro atoms. The molecule has 0 aliphatic carbocycles. The Balaban J connectivity index is 2.10. The topological polar surface area (TPSA) is 47.6 Å². The summed E-state index contributed by atoms with van der Waals surface area (Å²) in [6.07, 6.45) is 0. The number of hydrogen-bond donors (Lipinski definition) is 1. The van der Waals surface area contributed by atoms with Gasteiger partial charge in [0, 0.05) is 24.4 Å². The second-order valence-corrected chi connectivity index (χ2v) is 5.30. The molecule has 0 radical (unpaired) electrons. The number of nitrogens with one attached hydrogen (secondary N) is 1. The molecular formula is C17H19NO3. The standard InChI is InChI=1S/C17H19NO3/c1-20-16-8-7-12(11-5-3-4-6-13(11)16)14-9-18-10-15(14)17(19)21-2/h3-8,14-15,18H,9-10H2,1-2H3. The van der Waals surface area contributed by atoms with Gasteiger partial charge in [0.25, 0.3) is 0 Å². The Labute approximate surface area is 124 Å². The van der Waals surface area contributed by atoms with Crippen molar-refractivity contribution in [3.8, 4) is 5.75 Å². The minimum atomic E-state index is -0.148. The molecule has 4 heteroatoms. The first-order valence-electron chi connectivity index (χ1n) is 7.10. The first-order valence-corrected chi connectivity index (χ1v) is 7.10.